The molecule has 0 aliphatic rings. The third-order valence-corrected chi connectivity index (χ3v) is 6.90. The van der Waals surface area contributed by atoms with Crippen molar-refractivity contribution in [3.63, 3.8) is 0 Å². The van der Waals surface area contributed by atoms with Gasteiger partial charge < -0.3 is 5.32 Å². The number of nitrogens with zero attached hydrogens (tertiary/aromatic N) is 1. The Morgan fingerprint density at radius 1 is 1.07 bits per heavy atom. The second-order valence-electron chi connectivity index (χ2n) is 7.66. The highest BCUT2D eigenvalue weighted by molar-refractivity contribution is 7.98. The van der Waals surface area contributed by atoms with Gasteiger partial charge in [0.2, 0.25) is 15.9 Å². The van der Waals surface area contributed by atoms with Gasteiger partial charge in [0.1, 0.15) is 6.04 Å². The maximum absolute atomic E-state index is 12.9. The number of thioether (sulfide) groups is 1. The van der Waals surface area contributed by atoms with E-state index in [4.69, 9.17) is 0 Å². The highest BCUT2D eigenvalue weighted by atomic mass is 32.2. The van der Waals surface area contributed by atoms with Crippen molar-refractivity contribution in [2.45, 2.75) is 45.9 Å². The number of hydrogen-bond acceptors (Lipinski definition) is 4. The Morgan fingerprint density at radius 2 is 1.73 bits per heavy atom. The zero-order valence-electron chi connectivity index (χ0n) is 18.4. The number of sulfonamides is 1. The van der Waals surface area contributed by atoms with Crippen LogP contribution in [-0.4, -0.2) is 38.9 Å². The molecule has 2 aromatic carbocycles. The molecule has 0 aliphatic carbocycles. The second kappa shape index (κ2) is 10.9. The lowest BCUT2D eigenvalue weighted by Gasteiger charge is -2.30. The quantitative estimate of drug-likeness (QED) is 0.553. The van der Waals surface area contributed by atoms with E-state index < -0.39 is 16.1 Å². The summed E-state index contributed by atoms with van der Waals surface area (Å²) in [6, 6.07) is 13.2. The van der Waals surface area contributed by atoms with E-state index in [1.54, 1.807) is 11.8 Å². The van der Waals surface area contributed by atoms with Crippen LogP contribution in [0.4, 0.5) is 5.69 Å². The van der Waals surface area contributed by atoms with E-state index >= 15 is 0 Å². The molecule has 7 heteroatoms. The molecule has 1 amide bonds. The first kappa shape index (κ1) is 24.3. The minimum Gasteiger partial charge on any atom is -0.353 e. The summed E-state index contributed by atoms with van der Waals surface area (Å²) in [6.45, 7) is 8.24. The van der Waals surface area contributed by atoms with Crippen molar-refractivity contribution < 1.29 is 13.2 Å². The fourth-order valence-corrected chi connectivity index (χ4v) is 5.50. The van der Waals surface area contributed by atoms with E-state index in [-0.39, 0.29) is 5.91 Å². The molecular weight excluding hydrogens is 416 g/mol. The molecule has 0 heterocycles. The summed E-state index contributed by atoms with van der Waals surface area (Å²) in [7, 11) is -3.62. The Morgan fingerprint density at radius 3 is 2.30 bits per heavy atom. The third kappa shape index (κ3) is 7.06. The molecule has 2 aromatic rings. The Labute approximate surface area is 185 Å². The van der Waals surface area contributed by atoms with Gasteiger partial charge in [0, 0.05) is 18.1 Å². The van der Waals surface area contributed by atoms with Crippen molar-refractivity contribution in [1.29, 1.82) is 0 Å². The average Bonchev–Trinajstić information content (AvgIpc) is 2.63. The lowest BCUT2D eigenvalue weighted by atomic mass is 10.1. The topological polar surface area (TPSA) is 66.5 Å². The van der Waals surface area contributed by atoms with Gasteiger partial charge in [0.05, 0.1) is 11.9 Å². The van der Waals surface area contributed by atoms with E-state index in [9.17, 15) is 13.2 Å². The summed E-state index contributed by atoms with van der Waals surface area (Å²) in [5.41, 5.74) is 4.95. The molecular formula is C23H32N2O3S2. The summed E-state index contributed by atoms with van der Waals surface area (Å²) in [5, 5.41) is 2.92. The van der Waals surface area contributed by atoms with E-state index in [1.807, 2.05) is 45.0 Å². The van der Waals surface area contributed by atoms with Crippen LogP contribution in [0.15, 0.2) is 42.5 Å². The Kier molecular flexibility index (Phi) is 8.79. The van der Waals surface area contributed by atoms with E-state index in [0.29, 0.717) is 18.7 Å². The van der Waals surface area contributed by atoms with Gasteiger partial charge in [0.25, 0.3) is 0 Å². The zero-order valence-corrected chi connectivity index (χ0v) is 20.1. The molecule has 1 unspecified atom stereocenters. The number of benzene rings is 2. The van der Waals surface area contributed by atoms with Crippen LogP contribution in [0.2, 0.25) is 0 Å². The Balaban J connectivity index is 2.01. The molecule has 1 atom stereocenters. The predicted molar refractivity (Wildman–Crippen MR) is 128 cm³/mol. The molecule has 0 aromatic heterocycles. The van der Waals surface area contributed by atoms with Crippen molar-refractivity contribution in [1.82, 2.24) is 5.32 Å². The smallest absolute Gasteiger partial charge is 0.243 e. The Bertz CT molecular complexity index is 954. The number of nitrogens with one attached hydrogen (secondary N) is 1. The monoisotopic (exact) mass is 448 g/mol. The van der Waals surface area contributed by atoms with Crippen molar-refractivity contribution >= 4 is 33.4 Å². The lowest BCUT2D eigenvalue weighted by Crippen LogP contribution is -2.49. The van der Waals surface area contributed by atoms with Crippen LogP contribution >= 0.6 is 11.8 Å². The van der Waals surface area contributed by atoms with Crippen LogP contribution in [0.5, 0.6) is 0 Å². The van der Waals surface area contributed by atoms with Crippen molar-refractivity contribution in [2.24, 2.45) is 0 Å². The Hall–Kier alpha value is -1.99. The second-order valence-corrected chi connectivity index (χ2v) is 10.6. The van der Waals surface area contributed by atoms with Gasteiger partial charge in [0.15, 0.2) is 0 Å². The van der Waals surface area contributed by atoms with Crippen LogP contribution in [0.25, 0.3) is 0 Å². The van der Waals surface area contributed by atoms with E-state index in [0.717, 1.165) is 28.9 Å². The molecule has 0 saturated carbocycles. The first-order valence-electron chi connectivity index (χ1n) is 10.1. The summed E-state index contributed by atoms with van der Waals surface area (Å²) in [5.74, 6) is 1.38. The number of carbonyl (C=O) groups is 1. The fraction of sp³-hybridized carbons (Fsp3) is 0.435. The standard InChI is InChI=1S/C23H32N2O3S2/c1-6-22(25(30(5,27)28)21-14-18(3)12-19(4)15-21)23(26)24-10-11-29-16-20-9-7-8-17(2)13-20/h7-9,12-15,22H,6,10-11,16H2,1-5H3,(H,24,26). The molecule has 5 nitrogen and oxygen atoms in total. The first-order valence-corrected chi connectivity index (χ1v) is 13.1. The average molecular weight is 449 g/mol. The van der Waals surface area contributed by atoms with E-state index in [2.05, 4.69) is 30.4 Å². The van der Waals surface area contributed by atoms with Crippen LogP contribution in [0.3, 0.4) is 0 Å². The molecule has 0 spiro atoms. The highest BCUT2D eigenvalue weighted by Crippen LogP contribution is 2.25. The van der Waals surface area contributed by atoms with Gasteiger partial charge in [-0.05, 0) is 56.0 Å². The maximum Gasteiger partial charge on any atom is 0.243 e. The van der Waals surface area contributed by atoms with Gasteiger partial charge in [-0.15, -0.1) is 0 Å². The van der Waals surface area contributed by atoms with Gasteiger partial charge in [-0.3, -0.25) is 9.10 Å². The molecule has 164 valence electrons. The minimum absolute atomic E-state index is 0.266. The van der Waals surface area contributed by atoms with Crippen LogP contribution in [0.1, 0.15) is 35.6 Å². The number of rotatable bonds is 10. The summed E-state index contributed by atoms with van der Waals surface area (Å²) in [4.78, 5) is 12.9. The van der Waals surface area contributed by atoms with Gasteiger partial charge in [-0.1, -0.05) is 42.8 Å². The maximum atomic E-state index is 12.9. The van der Waals surface area contributed by atoms with Gasteiger partial charge >= 0.3 is 0 Å². The van der Waals surface area contributed by atoms with Crippen molar-refractivity contribution in [2.75, 3.05) is 22.9 Å². The fourth-order valence-electron chi connectivity index (χ4n) is 3.49. The summed E-state index contributed by atoms with van der Waals surface area (Å²) in [6.07, 6.45) is 1.54. The highest BCUT2D eigenvalue weighted by Gasteiger charge is 2.31. The molecule has 1 N–H and O–H groups in total. The van der Waals surface area contributed by atoms with Crippen LogP contribution in [-0.2, 0) is 20.6 Å². The van der Waals surface area contributed by atoms with Crippen molar-refractivity contribution in [3.8, 4) is 0 Å². The summed E-state index contributed by atoms with van der Waals surface area (Å²) < 4.78 is 26.4. The molecule has 0 aliphatic heterocycles. The molecule has 0 saturated heterocycles. The number of amides is 1. The largest absolute Gasteiger partial charge is 0.353 e. The van der Waals surface area contributed by atoms with Gasteiger partial charge in [-0.25, -0.2) is 8.42 Å². The lowest BCUT2D eigenvalue weighted by molar-refractivity contribution is -0.122. The van der Waals surface area contributed by atoms with Crippen LogP contribution in [0, 0.1) is 20.8 Å². The molecule has 0 fully saturated rings. The molecule has 2 rings (SSSR count). The number of aryl methyl sites for hydroxylation is 3. The van der Waals surface area contributed by atoms with Gasteiger partial charge in [-0.2, -0.15) is 11.8 Å². The minimum atomic E-state index is -3.62. The molecule has 0 radical (unpaired) electrons. The zero-order chi connectivity index (χ0) is 22.3. The molecule has 30 heavy (non-hydrogen) atoms. The number of hydrogen-bond donors (Lipinski definition) is 1. The third-order valence-electron chi connectivity index (χ3n) is 4.69. The van der Waals surface area contributed by atoms with Crippen molar-refractivity contribution in [3.05, 3.63) is 64.7 Å². The van der Waals surface area contributed by atoms with Crippen LogP contribution < -0.4 is 9.62 Å². The normalized spacial score (nSPS) is 12.4. The molecule has 0 bridgehead atoms. The van der Waals surface area contributed by atoms with E-state index in [1.165, 1.54) is 15.4 Å². The number of carbonyl (C=O) groups excluding carboxylic acids is 1. The summed E-state index contributed by atoms with van der Waals surface area (Å²) >= 11 is 1.74. The SMILES string of the molecule is CCC(C(=O)NCCSCc1cccc(C)c1)N(c1cc(C)cc(C)c1)S(C)(=O)=O. The number of anilines is 1. The first-order chi connectivity index (χ1) is 14.1. The predicted octanol–water partition coefficient (Wildman–Crippen LogP) is 4.21.